The number of non-ortho nitro benzene ring substituents is 1. The molecule has 0 radical (unpaired) electrons. The maximum absolute atomic E-state index is 11.9. The Balaban J connectivity index is 2.00. The predicted molar refractivity (Wildman–Crippen MR) is 78.4 cm³/mol. The van der Waals surface area contributed by atoms with Crippen molar-refractivity contribution in [3.63, 3.8) is 0 Å². The van der Waals surface area contributed by atoms with E-state index in [0.29, 0.717) is 17.0 Å². The van der Waals surface area contributed by atoms with Crippen LogP contribution in [0.5, 0.6) is 5.75 Å². The van der Waals surface area contributed by atoms with Gasteiger partial charge >= 0.3 is 0 Å². The summed E-state index contributed by atoms with van der Waals surface area (Å²) >= 11 is 0. The largest absolute Gasteiger partial charge is 0.497 e. The highest BCUT2D eigenvalue weighted by Gasteiger charge is 2.09. The van der Waals surface area contributed by atoms with Gasteiger partial charge in [0, 0.05) is 17.8 Å². The SMILES string of the molecule is COc1ccc(NC(=O)Cc2cccc([N+](=O)[O-])c2)cc1. The van der Waals surface area contributed by atoms with Crippen molar-refractivity contribution < 1.29 is 14.5 Å². The molecule has 6 heteroatoms. The molecular formula is C15H14N2O4. The van der Waals surface area contributed by atoms with Crippen molar-refractivity contribution in [3.8, 4) is 5.75 Å². The summed E-state index contributed by atoms with van der Waals surface area (Å²) in [5, 5.41) is 13.4. The van der Waals surface area contributed by atoms with Crippen LogP contribution in [0.2, 0.25) is 0 Å². The van der Waals surface area contributed by atoms with E-state index in [4.69, 9.17) is 4.74 Å². The fourth-order valence-corrected chi connectivity index (χ4v) is 1.84. The standard InChI is InChI=1S/C15H14N2O4/c1-21-14-7-5-12(6-8-14)16-15(18)10-11-3-2-4-13(9-11)17(19)20/h2-9H,10H2,1H3,(H,16,18). The van der Waals surface area contributed by atoms with Gasteiger partial charge in [0.1, 0.15) is 5.75 Å². The van der Waals surface area contributed by atoms with Crippen LogP contribution in [0.15, 0.2) is 48.5 Å². The van der Waals surface area contributed by atoms with Crippen molar-refractivity contribution in [2.45, 2.75) is 6.42 Å². The molecule has 1 amide bonds. The number of ether oxygens (including phenoxy) is 1. The van der Waals surface area contributed by atoms with Gasteiger partial charge in [0.05, 0.1) is 18.5 Å². The Hall–Kier alpha value is -2.89. The lowest BCUT2D eigenvalue weighted by atomic mass is 10.1. The summed E-state index contributed by atoms with van der Waals surface area (Å²) in [7, 11) is 1.57. The summed E-state index contributed by atoms with van der Waals surface area (Å²) in [4.78, 5) is 22.1. The average molecular weight is 286 g/mol. The fourth-order valence-electron chi connectivity index (χ4n) is 1.84. The molecule has 108 valence electrons. The second-order valence-corrected chi connectivity index (χ2v) is 4.38. The second-order valence-electron chi connectivity index (χ2n) is 4.38. The number of rotatable bonds is 5. The van der Waals surface area contributed by atoms with Crippen LogP contribution in [-0.4, -0.2) is 17.9 Å². The van der Waals surface area contributed by atoms with Crippen LogP contribution >= 0.6 is 0 Å². The number of methoxy groups -OCH3 is 1. The number of nitro groups is 1. The van der Waals surface area contributed by atoms with Crippen molar-refractivity contribution in [3.05, 3.63) is 64.2 Å². The lowest BCUT2D eigenvalue weighted by Gasteiger charge is -2.06. The highest BCUT2D eigenvalue weighted by molar-refractivity contribution is 5.92. The van der Waals surface area contributed by atoms with Crippen LogP contribution in [0.3, 0.4) is 0 Å². The zero-order chi connectivity index (χ0) is 15.2. The molecule has 0 aliphatic rings. The number of benzene rings is 2. The fraction of sp³-hybridized carbons (Fsp3) is 0.133. The molecule has 0 saturated carbocycles. The van der Waals surface area contributed by atoms with Crippen molar-refractivity contribution in [1.29, 1.82) is 0 Å². The Kier molecular flexibility index (Phi) is 4.50. The molecule has 0 heterocycles. The monoisotopic (exact) mass is 286 g/mol. The quantitative estimate of drug-likeness (QED) is 0.677. The van der Waals surface area contributed by atoms with E-state index in [1.165, 1.54) is 12.1 Å². The average Bonchev–Trinajstić information content (AvgIpc) is 2.48. The lowest BCUT2D eigenvalue weighted by Crippen LogP contribution is -2.14. The molecule has 0 aliphatic heterocycles. The van der Waals surface area contributed by atoms with Gasteiger partial charge in [-0.05, 0) is 29.8 Å². The molecule has 0 spiro atoms. The van der Waals surface area contributed by atoms with E-state index in [1.54, 1.807) is 43.5 Å². The minimum absolute atomic E-state index is 0.0234. The Bertz CT molecular complexity index is 653. The van der Waals surface area contributed by atoms with Crippen LogP contribution in [0.1, 0.15) is 5.56 Å². The lowest BCUT2D eigenvalue weighted by molar-refractivity contribution is -0.384. The maximum Gasteiger partial charge on any atom is 0.269 e. The van der Waals surface area contributed by atoms with Gasteiger partial charge in [-0.25, -0.2) is 0 Å². The number of hydrogen-bond acceptors (Lipinski definition) is 4. The molecule has 0 bridgehead atoms. The van der Waals surface area contributed by atoms with Crippen molar-refractivity contribution in [2.75, 3.05) is 12.4 Å². The molecule has 2 aromatic carbocycles. The molecule has 0 fully saturated rings. The van der Waals surface area contributed by atoms with Gasteiger partial charge < -0.3 is 10.1 Å². The second kappa shape index (κ2) is 6.51. The normalized spacial score (nSPS) is 9.95. The van der Waals surface area contributed by atoms with Crippen LogP contribution in [-0.2, 0) is 11.2 Å². The summed E-state index contributed by atoms with van der Waals surface area (Å²) < 4.78 is 5.03. The summed E-state index contributed by atoms with van der Waals surface area (Å²) in [5.41, 5.74) is 1.21. The van der Waals surface area contributed by atoms with Gasteiger partial charge in [0.15, 0.2) is 0 Å². The molecule has 2 aromatic rings. The summed E-state index contributed by atoms with van der Waals surface area (Å²) in [6.07, 6.45) is 0.0771. The van der Waals surface area contributed by atoms with E-state index in [1.807, 2.05) is 0 Å². The third-order valence-electron chi connectivity index (χ3n) is 2.86. The summed E-state index contributed by atoms with van der Waals surface area (Å²) in [6.45, 7) is 0. The van der Waals surface area contributed by atoms with Crippen LogP contribution in [0.4, 0.5) is 11.4 Å². The Morgan fingerprint density at radius 1 is 1.24 bits per heavy atom. The van der Waals surface area contributed by atoms with E-state index in [0.717, 1.165) is 0 Å². The van der Waals surface area contributed by atoms with Crippen molar-refractivity contribution in [2.24, 2.45) is 0 Å². The van der Waals surface area contributed by atoms with Gasteiger partial charge in [-0.1, -0.05) is 12.1 Å². The van der Waals surface area contributed by atoms with Gasteiger partial charge in [0.25, 0.3) is 5.69 Å². The first kappa shape index (κ1) is 14.5. The van der Waals surface area contributed by atoms with Crippen LogP contribution in [0, 0.1) is 10.1 Å². The molecular weight excluding hydrogens is 272 g/mol. The zero-order valence-electron chi connectivity index (χ0n) is 11.4. The zero-order valence-corrected chi connectivity index (χ0v) is 11.4. The van der Waals surface area contributed by atoms with Crippen molar-refractivity contribution in [1.82, 2.24) is 0 Å². The van der Waals surface area contributed by atoms with Gasteiger partial charge in [-0.15, -0.1) is 0 Å². The Labute approximate surface area is 121 Å². The molecule has 2 rings (SSSR count). The maximum atomic E-state index is 11.9. The molecule has 21 heavy (non-hydrogen) atoms. The third-order valence-corrected chi connectivity index (χ3v) is 2.86. The number of nitro benzene ring substituents is 1. The predicted octanol–water partition coefficient (Wildman–Crippen LogP) is 2.78. The first-order chi connectivity index (χ1) is 10.1. The minimum atomic E-state index is -0.481. The van der Waals surface area contributed by atoms with Gasteiger partial charge in [-0.2, -0.15) is 0 Å². The number of nitrogens with zero attached hydrogens (tertiary/aromatic N) is 1. The minimum Gasteiger partial charge on any atom is -0.497 e. The molecule has 1 N–H and O–H groups in total. The third kappa shape index (κ3) is 4.04. The van der Waals surface area contributed by atoms with E-state index >= 15 is 0 Å². The number of anilines is 1. The first-order valence-electron chi connectivity index (χ1n) is 6.26. The first-order valence-corrected chi connectivity index (χ1v) is 6.26. The Morgan fingerprint density at radius 2 is 1.95 bits per heavy atom. The number of amides is 1. The van der Waals surface area contributed by atoms with E-state index in [9.17, 15) is 14.9 Å². The summed E-state index contributed by atoms with van der Waals surface area (Å²) in [5.74, 6) is 0.465. The van der Waals surface area contributed by atoms with E-state index in [2.05, 4.69) is 5.32 Å². The van der Waals surface area contributed by atoms with E-state index < -0.39 is 4.92 Å². The topological polar surface area (TPSA) is 81.5 Å². The molecule has 0 unspecified atom stereocenters. The molecule has 0 aliphatic carbocycles. The number of carbonyl (C=O) groups is 1. The molecule has 6 nitrogen and oxygen atoms in total. The van der Waals surface area contributed by atoms with Crippen molar-refractivity contribution >= 4 is 17.3 Å². The number of nitrogens with one attached hydrogen (secondary N) is 1. The molecule has 0 aromatic heterocycles. The number of carbonyl (C=O) groups excluding carboxylic acids is 1. The van der Waals surface area contributed by atoms with E-state index in [-0.39, 0.29) is 18.0 Å². The summed E-state index contributed by atoms with van der Waals surface area (Å²) in [6, 6.07) is 13.0. The number of hydrogen-bond donors (Lipinski definition) is 1. The van der Waals surface area contributed by atoms with Crippen LogP contribution in [0.25, 0.3) is 0 Å². The Morgan fingerprint density at radius 3 is 2.57 bits per heavy atom. The van der Waals surface area contributed by atoms with Crippen LogP contribution < -0.4 is 10.1 Å². The smallest absolute Gasteiger partial charge is 0.269 e. The van der Waals surface area contributed by atoms with Gasteiger partial charge in [-0.3, -0.25) is 14.9 Å². The molecule has 0 atom stereocenters. The highest BCUT2D eigenvalue weighted by atomic mass is 16.6. The van der Waals surface area contributed by atoms with Gasteiger partial charge in [0.2, 0.25) is 5.91 Å². The highest BCUT2D eigenvalue weighted by Crippen LogP contribution is 2.16. The molecule has 0 saturated heterocycles.